The molecule has 2 rings (SSSR count). The average Bonchev–Trinajstić information content (AvgIpc) is 2.42. The van der Waals surface area contributed by atoms with Crippen molar-refractivity contribution in [3.8, 4) is 0 Å². The van der Waals surface area contributed by atoms with E-state index in [1.54, 1.807) is 43.3 Å². The Kier molecular flexibility index (Phi) is 4.33. The van der Waals surface area contributed by atoms with Gasteiger partial charge in [0.05, 0.1) is 0 Å². The Bertz CT molecular complexity index is 698. The summed E-state index contributed by atoms with van der Waals surface area (Å²) in [6, 6.07) is 11.0. The molecule has 0 radical (unpaired) electrons. The third-order valence-corrected chi connectivity index (χ3v) is 2.87. The lowest BCUT2D eigenvalue weighted by Gasteiger charge is -2.08. The summed E-state index contributed by atoms with van der Waals surface area (Å²) in [7, 11) is 0. The van der Waals surface area contributed by atoms with Crippen LogP contribution < -0.4 is 10.6 Å². The van der Waals surface area contributed by atoms with Crippen molar-refractivity contribution in [3.05, 3.63) is 59.4 Å². The molecule has 0 aliphatic heterocycles. The predicted molar refractivity (Wildman–Crippen MR) is 79.8 cm³/mol. The Hall–Kier alpha value is -2.69. The molecule has 4 nitrogen and oxygen atoms in total. The molecular weight excluding hydrogens is 271 g/mol. The molecule has 0 fully saturated rings. The molecule has 0 unspecified atom stereocenters. The number of carbonyl (C=O) groups is 2. The van der Waals surface area contributed by atoms with E-state index in [-0.39, 0.29) is 17.6 Å². The first-order chi connectivity index (χ1) is 9.95. The van der Waals surface area contributed by atoms with E-state index < -0.39 is 0 Å². The maximum Gasteiger partial charge on any atom is 0.255 e. The highest BCUT2D eigenvalue weighted by Gasteiger charge is 2.08. The van der Waals surface area contributed by atoms with E-state index in [4.69, 9.17) is 0 Å². The van der Waals surface area contributed by atoms with E-state index in [1.165, 1.54) is 13.0 Å². The molecular formula is C16H15FN2O2. The molecule has 2 aromatic rings. The van der Waals surface area contributed by atoms with Crippen LogP contribution in [0.25, 0.3) is 0 Å². The van der Waals surface area contributed by atoms with Gasteiger partial charge in [0.2, 0.25) is 5.91 Å². The van der Waals surface area contributed by atoms with Crippen molar-refractivity contribution < 1.29 is 14.0 Å². The van der Waals surface area contributed by atoms with Gasteiger partial charge in [0.25, 0.3) is 5.91 Å². The van der Waals surface area contributed by atoms with Crippen LogP contribution in [0.4, 0.5) is 15.8 Å². The summed E-state index contributed by atoms with van der Waals surface area (Å²) in [5.74, 6) is -0.960. The highest BCUT2D eigenvalue weighted by Crippen LogP contribution is 2.16. The van der Waals surface area contributed by atoms with E-state index in [2.05, 4.69) is 10.6 Å². The summed E-state index contributed by atoms with van der Waals surface area (Å²) < 4.78 is 13.4. The first kappa shape index (κ1) is 14.7. The third kappa shape index (κ3) is 3.89. The van der Waals surface area contributed by atoms with Crippen LogP contribution in [0.5, 0.6) is 0 Å². The Morgan fingerprint density at radius 2 is 1.71 bits per heavy atom. The minimum Gasteiger partial charge on any atom is -0.326 e. The molecule has 2 amide bonds. The van der Waals surface area contributed by atoms with Crippen molar-refractivity contribution in [2.45, 2.75) is 13.8 Å². The summed E-state index contributed by atoms with van der Waals surface area (Å²) >= 11 is 0. The van der Waals surface area contributed by atoms with Crippen molar-refractivity contribution in [3.63, 3.8) is 0 Å². The van der Waals surface area contributed by atoms with E-state index in [0.717, 1.165) is 0 Å². The predicted octanol–water partition coefficient (Wildman–Crippen LogP) is 3.34. The van der Waals surface area contributed by atoms with Gasteiger partial charge >= 0.3 is 0 Å². The summed E-state index contributed by atoms with van der Waals surface area (Å²) in [6.07, 6.45) is 0. The average molecular weight is 286 g/mol. The van der Waals surface area contributed by atoms with Crippen LogP contribution in [-0.2, 0) is 4.79 Å². The zero-order valence-corrected chi connectivity index (χ0v) is 11.7. The number of halogens is 1. The van der Waals surface area contributed by atoms with Crippen molar-refractivity contribution in [2.75, 3.05) is 10.6 Å². The van der Waals surface area contributed by atoms with Crippen molar-refractivity contribution in [1.29, 1.82) is 0 Å². The fourth-order valence-corrected chi connectivity index (χ4v) is 1.82. The molecule has 0 aromatic heterocycles. The van der Waals surface area contributed by atoms with Gasteiger partial charge in [0.1, 0.15) is 5.82 Å². The van der Waals surface area contributed by atoms with Crippen LogP contribution >= 0.6 is 0 Å². The van der Waals surface area contributed by atoms with Crippen LogP contribution in [-0.4, -0.2) is 11.8 Å². The molecule has 2 N–H and O–H groups in total. The number of rotatable bonds is 3. The third-order valence-electron chi connectivity index (χ3n) is 2.87. The van der Waals surface area contributed by atoms with Gasteiger partial charge in [-0.2, -0.15) is 0 Å². The fraction of sp³-hybridized carbons (Fsp3) is 0.125. The lowest BCUT2D eigenvalue weighted by molar-refractivity contribution is -0.114. The molecule has 0 aliphatic rings. The van der Waals surface area contributed by atoms with Gasteiger partial charge in [-0.05, 0) is 42.8 Å². The van der Waals surface area contributed by atoms with Crippen molar-refractivity contribution >= 4 is 23.2 Å². The number of amides is 2. The number of aryl methyl sites for hydroxylation is 1. The number of hydrogen-bond acceptors (Lipinski definition) is 2. The molecule has 0 saturated heterocycles. The molecule has 0 aliphatic carbocycles. The summed E-state index contributed by atoms with van der Waals surface area (Å²) in [6.45, 7) is 3.04. The second-order valence-corrected chi connectivity index (χ2v) is 4.68. The number of benzene rings is 2. The number of carbonyl (C=O) groups excluding carboxylic acids is 2. The number of nitrogens with one attached hydrogen (secondary N) is 2. The van der Waals surface area contributed by atoms with Crippen LogP contribution in [0.15, 0.2) is 42.5 Å². The smallest absolute Gasteiger partial charge is 0.255 e. The minimum absolute atomic E-state index is 0.215. The molecule has 108 valence electrons. The zero-order chi connectivity index (χ0) is 15.4. The first-order valence-corrected chi connectivity index (χ1v) is 6.41. The van der Waals surface area contributed by atoms with Crippen molar-refractivity contribution in [2.24, 2.45) is 0 Å². The van der Waals surface area contributed by atoms with Gasteiger partial charge in [-0.1, -0.05) is 12.1 Å². The number of anilines is 2. The normalized spacial score (nSPS) is 10.0. The van der Waals surface area contributed by atoms with Crippen molar-refractivity contribution in [1.82, 2.24) is 0 Å². The van der Waals surface area contributed by atoms with Gasteiger partial charge in [0.15, 0.2) is 0 Å². The molecule has 0 heterocycles. The number of hydrogen-bond donors (Lipinski definition) is 2. The van der Waals surface area contributed by atoms with Gasteiger partial charge in [0, 0.05) is 23.9 Å². The molecule has 0 spiro atoms. The van der Waals surface area contributed by atoms with Crippen LogP contribution in [0.2, 0.25) is 0 Å². The standard InChI is InChI=1S/C16H15FN2O2/c1-10-6-7-14(9-15(10)17)19-16(21)12-4-3-5-13(8-12)18-11(2)20/h3-9H,1-2H3,(H,18,20)(H,19,21). The van der Waals surface area contributed by atoms with E-state index in [1.807, 2.05) is 0 Å². The maximum atomic E-state index is 13.4. The van der Waals surface area contributed by atoms with E-state index in [0.29, 0.717) is 22.5 Å². The van der Waals surface area contributed by atoms with Crippen LogP contribution in [0.3, 0.4) is 0 Å². The Morgan fingerprint density at radius 3 is 2.38 bits per heavy atom. The minimum atomic E-state index is -0.375. The second-order valence-electron chi connectivity index (χ2n) is 4.68. The second kappa shape index (κ2) is 6.17. The summed E-state index contributed by atoms with van der Waals surface area (Å²) in [5.41, 5.74) is 1.81. The molecule has 0 bridgehead atoms. The summed E-state index contributed by atoms with van der Waals surface area (Å²) in [4.78, 5) is 23.1. The highest BCUT2D eigenvalue weighted by atomic mass is 19.1. The topological polar surface area (TPSA) is 58.2 Å². The fourth-order valence-electron chi connectivity index (χ4n) is 1.82. The lowest BCUT2D eigenvalue weighted by Crippen LogP contribution is -2.13. The van der Waals surface area contributed by atoms with Crippen LogP contribution in [0, 0.1) is 12.7 Å². The molecule has 0 atom stereocenters. The van der Waals surface area contributed by atoms with E-state index >= 15 is 0 Å². The van der Waals surface area contributed by atoms with Gasteiger partial charge in [-0.15, -0.1) is 0 Å². The Balaban J connectivity index is 2.16. The van der Waals surface area contributed by atoms with Gasteiger partial charge in [-0.3, -0.25) is 9.59 Å². The quantitative estimate of drug-likeness (QED) is 0.909. The van der Waals surface area contributed by atoms with E-state index in [9.17, 15) is 14.0 Å². The Labute approximate surface area is 122 Å². The molecule has 5 heteroatoms. The largest absolute Gasteiger partial charge is 0.326 e. The molecule has 21 heavy (non-hydrogen) atoms. The first-order valence-electron chi connectivity index (χ1n) is 6.41. The monoisotopic (exact) mass is 286 g/mol. The van der Waals surface area contributed by atoms with Gasteiger partial charge in [-0.25, -0.2) is 4.39 Å². The SMILES string of the molecule is CC(=O)Nc1cccc(C(=O)Nc2ccc(C)c(F)c2)c1. The highest BCUT2D eigenvalue weighted by molar-refractivity contribution is 6.05. The van der Waals surface area contributed by atoms with Gasteiger partial charge < -0.3 is 10.6 Å². The Morgan fingerprint density at radius 1 is 1.00 bits per heavy atom. The lowest BCUT2D eigenvalue weighted by atomic mass is 10.1. The zero-order valence-electron chi connectivity index (χ0n) is 11.7. The molecule has 0 saturated carbocycles. The van der Waals surface area contributed by atoms with Crippen LogP contribution in [0.1, 0.15) is 22.8 Å². The maximum absolute atomic E-state index is 13.4. The molecule has 2 aromatic carbocycles. The summed E-state index contributed by atoms with van der Waals surface area (Å²) in [5, 5.41) is 5.22.